The van der Waals surface area contributed by atoms with E-state index >= 15 is 0 Å². The second-order valence-electron chi connectivity index (χ2n) is 2.82. The summed E-state index contributed by atoms with van der Waals surface area (Å²) in [6.07, 6.45) is 6.72. The van der Waals surface area contributed by atoms with Crippen molar-refractivity contribution in [2.45, 2.75) is 25.4 Å². The molecule has 0 aromatic rings. The molecular formula is C9H12O3. The summed E-state index contributed by atoms with van der Waals surface area (Å²) >= 11 is 0. The van der Waals surface area contributed by atoms with Gasteiger partial charge in [-0.15, -0.1) is 0 Å². The van der Waals surface area contributed by atoms with Gasteiger partial charge in [0, 0.05) is 6.42 Å². The van der Waals surface area contributed by atoms with Crippen LogP contribution in [0.15, 0.2) is 23.8 Å². The Kier molecular flexibility index (Phi) is 3.05. The lowest BCUT2D eigenvalue weighted by molar-refractivity contribution is -0.146. The van der Waals surface area contributed by atoms with E-state index in [0.717, 1.165) is 18.4 Å². The predicted molar refractivity (Wildman–Crippen MR) is 44.7 cm³/mol. The third-order valence-corrected chi connectivity index (χ3v) is 1.79. The van der Waals surface area contributed by atoms with Gasteiger partial charge in [0.05, 0.1) is 0 Å². The van der Waals surface area contributed by atoms with Crippen molar-refractivity contribution in [2.24, 2.45) is 0 Å². The third kappa shape index (κ3) is 2.51. The summed E-state index contributed by atoms with van der Waals surface area (Å²) in [7, 11) is 0. The zero-order valence-electron chi connectivity index (χ0n) is 6.73. The normalized spacial score (nSPS) is 18.6. The van der Waals surface area contributed by atoms with Crippen LogP contribution in [-0.2, 0) is 4.79 Å². The van der Waals surface area contributed by atoms with Crippen LogP contribution in [0, 0.1) is 0 Å². The molecule has 0 aromatic carbocycles. The van der Waals surface area contributed by atoms with Crippen LogP contribution in [0.5, 0.6) is 0 Å². The predicted octanol–water partition coefficient (Wildman–Crippen LogP) is 1.10. The highest BCUT2D eigenvalue weighted by Crippen LogP contribution is 2.14. The number of carbonyl (C=O) groups is 1. The largest absolute Gasteiger partial charge is 0.479 e. The Morgan fingerprint density at radius 1 is 1.58 bits per heavy atom. The van der Waals surface area contributed by atoms with E-state index < -0.39 is 12.1 Å². The Morgan fingerprint density at radius 2 is 2.33 bits per heavy atom. The minimum atomic E-state index is -1.26. The van der Waals surface area contributed by atoms with Gasteiger partial charge in [0.2, 0.25) is 0 Å². The van der Waals surface area contributed by atoms with Crippen molar-refractivity contribution in [3.8, 4) is 0 Å². The summed E-state index contributed by atoms with van der Waals surface area (Å²) < 4.78 is 0. The first kappa shape index (κ1) is 9.00. The van der Waals surface area contributed by atoms with E-state index in [1.807, 2.05) is 18.2 Å². The van der Waals surface area contributed by atoms with Gasteiger partial charge >= 0.3 is 5.97 Å². The number of hydrogen-bond acceptors (Lipinski definition) is 2. The molecule has 66 valence electrons. The van der Waals surface area contributed by atoms with Gasteiger partial charge in [0.25, 0.3) is 0 Å². The van der Waals surface area contributed by atoms with Crippen LogP contribution in [0.25, 0.3) is 0 Å². The Morgan fingerprint density at radius 3 is 2.83 bits per heavy atom. The van der Waals surface area contributed by atoms with E-state index in [1.165, 1.54) is 0 Å². The SMILES string of the molecule is O=C(O)C(O)CC1=CCCC=C1. The zero-order chi connectivity index (χ0) is 8.97. The van der Waals surface area contributed by atoms with E-state index in [9.17, 15) is 4.79 Å². The van der Waals surface area contributed by atoms with Gasteiger partial charge < -0.3 is 10.2 Å². The Hall–Kier alpha value is -1.09. The average Bonchev–Trinajstić information content (AvgIpc) is 2.06. The van der Waals surface area contributed by atoms with Gasteiger partial charge in [-0.1, -0.05) is 18.2 Å². The maximum absolute atomic E-state index is 10.3. The second-order valence-corrected chi connectivity index (χ2v) is 2.82. The fraction of sp³-hybridized carbons (Fsp3) is 0.444. The monoisotopic (exact) mass is 168 g/mol. The average molecular weight is 168 g/mol. The quantitative estimate of drug-likeness (QED) is 0.663. The van der Waals surface area contributed by atoms with Gasteiger partial charge in [0.15, 0.2) is 6.10 Å². The molecule has 0 heterocycles. The molecule has 0 bridgehead atoms. The molecule has 1 atom stereocenters. The molecule has 2 N–H and O–H groups in total. The van der Waals surface area contributed by atoms with E-state index in [-0.39, 0.29) is 6.42 Å². The molecule has 0 fully saturated rings. The summed E-state index contributed by atoms with van der Waals surface area (Å²) in [6, 6.07) is 0. The highest BCUT2D eigenvalue weighted by molar-refractivity contribution is 5.72. The van der Waals surface area contributed by atoms with Crippen molar-refractivity contribution in [1.82, 2.24) is 0 Å². The molecule has 1 unspecified atom stereocenters. The summed E-state index contributed by atoms with van der Waals surface area (Å²) in [5.74, 6) is -1.16. The summed E-state index contributed by atoms with van der Waals surface area (Å²) in [5.41, 5.74) is 0.913. The van der Waals surface area contributed by atoms with Crippen molar-refractivity contribution in [1.29, 1.82) is 0 Å². The van der Waals surface area contributed by atoms with Gasteiger partial charge in [-0.25, -0.2) is 4.79 Å². The van der Waals surface area contributed by atoms with Crippen molar-refractivity contribution >= 4 is 5.97 Å². The minimum absolute atomic E-state index is 0.214. The number of hydrogen-bond donors (Lipinski definition) is 2. The van der Waals surface area contributed by atoms with Crippen molar-refractivity contribution in [3.05, 3.63) is 23.8 Å². The highest BCUT2D eigenvalue weighted by atomic mass is 16.4. The number of carboxylic acids is 1. The number of allylic oxidation sites excluding steroid dienone is 3. The number of aliphatic hydroxyl groups is 1. The van der Waals surface area contributed by atoms with Crippen LogP contribution >= 0.6 is 0 Å². The molecule has 3 heteroatoms. The lowest BCUT2D eigenvalue weighted by Gasteiger charge is -2.08. The van der Waals surface area contributed by atoms with Crippen molar-refractivity contribution < 1.29 is 15.0 Å². The van der Waals surface area contributed by atoms with Gasteiger partial charge in [-0.05, 0) is 18.4 Å². The summed E-state index contributed by atoms with van der Waals surface area (Å²) in [4.78, 5) is 10.3. The van der Waals surface area contributed by atoms with Crippen LogP contribution in [-0.4, -0.2) is 22.3 Å². The molecule has 0 radical (unpaired) electrons. The molecular weight excluding hydrogens is 156 g/mol. The standard InChI is InChI=1S/C9H12O3/c10-8(9(11)12)6-7-4-2-1-3-5-7/h2,4-5,8,10H,1,3,6H2,(H,11,12). The van der Waals surface area contributed by atoms with Crippen molar-refractivity contribution in [3.63, 3.8) is 0 Å². The molecule has 0 saturated carbocycles. The Labute approximate surface area is 71.0 Å². The molecule has 0 aromatic heterocycles. The van der Waals surface area contributed by atoms with E-state index in [2.05, 4.69) is 0 Å². The highest BCUT2D eigenvalue weighted by Gasteiger charge is 2.14. The van der Waals surface area contributed by atoms with Crippen LogP contribution in [0.4, 0.5) is 0 Å². The number of carboxylic acid groups (broad SMARTS) is 1. The zero-order valence-corrected chi connectivity index (χ0v) is 6.73. The first-order chi connectivity index (χ1) is 5.70. The fourth-order valence-electron chi connectivity index (χ4n) is 1.13. The fourth-order valence-corrected chi connectivity index (χ4v) is 1.13. The molecule has 0 amide bonds. The molecule has 0 aliphatic heterocycles. The first-order valence-corrected chi connectivity index (χ1v) is 3.96. The molecule has 3 nitrogen and oxygen atoms in total. The van der Waals surface area contributed by atoms with Gasteiger partial charge in [-0.3, -0.25) is 0 Å². The molecule has 0 saturated heterocycles. The first-order valence-electron chi connectivity index (χ1n) is 3.96. The van der Waals surface area contributed by atoms with Crippen LogP contribution in [0.1, 0.15) is 19.3 Å². The van der Waals surface area contributed by atoms with Crippen LogP contribution in [0.3, 0.4) is 0 Å². The molecule has 12 heavy (non-hydrogen) atoms. The second kappa shape index (κ2) is 4.07. The Balaban J connectivity index is 2.45. The topological polar surface area (TPSA) is 57.5 Å². The van der Waals surface area contributed by atoms with Crippen molar-refractivity contribution in [2.75, 3.05) is 0 Å². The molecule has 1 aliphatic carbocycles. The summed E-state index contributed by atoms with van der Waals surface area (Å²) in [5, 5.41) is 17.4. The molecule has 1 rings (SSSR count). The lowest BCUT2D eigenvalue weighted by Crippen LogP contribution is -2.19. The van der Waals surface area contributed by atoms with E-state index in [0.29, 0.717) is 0 Å². The maximum Gasteiger partial charge on any atom is 0.332 e. The number of rotatable bonds is 3. The summed E-state index contributed by atoms with van der Waals surface area (Å²) in [6.45, 7) is 0. The minimum Gasteiger partial charge on any atom is -0.479 e. The van der Waals surface area contributed by atoms with Crippen LogP contribution in [0.2, 0.25) is 0 Å². The third-order valence-electron chi connectivity index (χ3n) is 1.79. The molecule has 1 aliphatic rings. The smallest absolute Gasteiger partial charge is 0.332 e. The Bertz CT molecular complexity index is 228. The van der Waals surface area contributed by atoms with E-state index in [4.69, 9.17) is 10.2 Å². The molecule has 0 spiro atoms. The maximum atomic E-state index is 10.3. The van der Waals surface area contributed by atoms with E-state index in [1.54, 1.807) is 0 Å². The number of aliphatic hydroxyl groups excluding tert-OH is 1. The van der Waals surface area contributed by atoms with Gasteiger partial charge in [-0.2, -0.15) is 0 Å². The lowest BCUT2D eigenvalue weighted by atomic mass is 10.0. The van der Waals surface area contributed by atoms with Gasteiger partial charge in [0.1, 0.15) is 0 Å². The number of aliphatic carboxylic acids is 1. The van der Waals surface area contributed by atoms with Crippen LogP contribution < -0.4 is 0 Å².